The lowest BCUT2D eigenvalue weighted by Gasteiger charge is -2.24. The number of hydrogen-bond acceptors (Lipinski definition) is 5. The van der Waals surface area contributed by atoms with Crippen LogP contribution in [0.15, 0.2) is 54.1 Å². The maximum Gasteiger partial charge on any atom is 0.416 e. The topological polar surface area (TPSA) is 72.8 Å². The summed E-state index contributed by atoms with van der Waals surface area (Å²) in [6, 6.07) is 11.1. The second-order valence-corrected chi connectivity index (χ2v) is 7.09. The normalized spacial score (nSPS) is 20.3. The van der Waals surface area contributed by atoms with Gasteiger partial charge in [-0.3, -0.25) is 0 Å². The van der Waals surface area contributed by atoms with Crippen molar-refractivity contribution >= 4 is 18.0 Å². The van der Waals surface area contributed by atoms with Crippen LogP contribution < -0.4 is 0 Å². The van der Waals surface area contributed by atoms with Crippen LogP contribution in [0.5, 0.6) is 0 Å². The van der Waals surface area contributed by atoms with E-state index in [1.54, 1.807) is 31.2 Å². The first kappa shape index (κ1) is 21.6. The minimum Gasteiger partial charge on any atom is -0.458 e. The first-order valence-electron chi connectivity index (χ1n) is 9.08. The molecule has 0 amide bonds. The lowest BCUT2D eigenvalue weighted by molar-refractivity contribution is -0.154. The summed E-state index contributed by atoms with van der Waals surface area (Å²) < 4.78 is 48.5. The summed E-state index contributed by atoms with van der Waals surface area (Å²) in [5.41, 5.74) is -0.627. The molecule has 1 heterocycles. The van der Waals surface area contributed by atoms with E-state index in [0.29, 0.717) is 16.7 Å². The van der Waals surface area contributed by atoms with E-state index in [1.165, 1.54) is 18.2 Å². The predicted octanol–water partition coefficient (Wildman–Crippen LogP) is 3.93. The summed E-state index contributed by atoms with van der Waals surface area (Å²) in [6.45, 7) is 0.815. The number of hydrogen-bond donors (Lipinski definition) is 1. The Hall–Kier alpha value is -3.13. The molecule has 0 saturated carbocycles. The molecule has 1 atom stereocenters. The molecule has 2 aromatic rings. The molecular weight excluding hydrogens is 401 g/mol. The van der Waals surface area contributed by atoms with Gasteiger partial charge < -0.3 is 14.6 Å². The van der Waals surface area contributed by atoms with Crippen molar-refractivity contribution in [3.05, 3.63) is 76.4 Å². The van der Waals surface area contributed by atoms with E-state index in [-0.39, 0.29) is 18.6 Å². The van der Waals surface area contributed by atoms with Crippen LogP contribution in [0.1, 0.15) is 33.5 Å². The van der Waals surface area contributed by atoms with Crippen molar-refractivity contribution in [1.82, 2.24) is 0 Å². The molecule has 8 heteroatoms. The van der Waals surface area contributed by atoms with Crippen molar-refractivity contribution < 1.29 is 37.3 Å². The molecule has 1 aliphatic rings. The van der Waals surface area contributed by atoms with Crippen LogP contribution in [-0.4, -0.2) is 35.9 Å². The molecule has 1 fully saturated rings. The number of aliphatic hydroxyl groups is 1. The standard InChI is InChI=1S/C22H19F3O5/c1-14-4-2-3-5-18(14)20(28)29-13-21(12-26)11-16(19(27)30-21)10-15-6-8-17(9-7-15)22(23,24)25/h2-10,26H,11-13H2,1H3/b16-10+. The van der Waals surface area contributed by atoms with Gasteiger partial charge in [0.25, 0.3) is 0 Å². The van der Waals surface area contributed by atoms with Crippen molar-refractivity contribution in [3.63, 3.8) is 0 Å². The van der Waals surface area contributed by atoms with Gasteiger partial charge in [0.1, 0.15) is 6.61 Å². The van der Waals surface area contributed by atoms with Crippen LogP contribution >= 0.6 is 0 Å². The fraction of sp³-hybridized carbons (Fsp3) is 0.273. The Morgan fingerprint density at radius 3 is 2.47 bits per heavy atom. The number of alkyl halides is 3. The molecule has 1 saturated heterocycles. The van der Waals surface area contributed by atoms with Crippen LogP contribution in [0.25, 0.3) is 6.08 Å². The molecule has 1 unspecified atom stereocenters. The van der Waals surface area contributed by atoms with Gasteiger partial charge in [0.15, 0.2) is 5.60 Å². The van der Waals surface area contributed by atoms with Crippen molar-refractivity contribution in [2.45, 2.75) is 25.1 Å². The van der Waals surface area contributed by atoms with E-state index in [1.807, 2.05) is 0 Å². The Labute approximate surface area is 170 Å². The highest BCUT2D eigenvalue weighted by atomic mass is 19.4. The zero-order valence-corrected chi connectivity index (χ0v) is 16.0. The SMILES string of the molecule is Cc1ccccc1C(=O)OCC1(CO)C/C(=C\c2ccc(C(F)(F)F)cc2)C(=O)O1. The summed E-state index contributed by atoms with van der Waals surface area (Å²) in [6.07, 6.45) is -3.11. The number of carbonyl (C=O) groups excluding carboxylic acids is 2. The minimum absolute atomic E-state index is 0.0512. The summed E-state index contributed by atoms with van der Waals surface area (Å²) in [5.74, 6) is -1.34. The lowest BCUT2D eigenvalue weighted by atomic mass is 9.97. The van der Waals surface area contributed by atoms with Gasteiger partial charge in [-0.25, -0.2) is 9.59 Å². The number of cyclic esters (lactones) is 1. The van der Waals surface area contributed by atoms with Gasteiger partial charge >= 0.3 is 18.1 Å². The monoisotopic (exact) mass is 420 g/mol. The first-order chi connectivity index (χ1) is 14.1. The summed E-state index contributed by atoms with van der Waals surface area (Å²) in [4.78, 5) is 24.5. The minimum atomic E-state index is -4.45. The third kappa shape index (κ3) is 4.71. The number of halogens is 3. The van der Waals surface area contributed by atoms with Crippen LogP contribution in [-0.2, 0) is 20.4 Å². The van der Waals surface area contributed by atoms with E-state index >= 15 is 0 Å². The van der Waals surface area contributed by atoms with Crippen LogP contribution in [0, 0.1) is 6.92 Å². The second kappa shape index (κ2) is 8.31. The number of carbonyl (C=O) groups is 2. The second-order valence-electron chi connectivity index (χ2n) is 7.09. The van der Waals surface area contributed by atoms with Crippen molar-refractivity contribution in [2.24, 2.45) is 0 Å². The third-order valence-electron chi connectivity index (χ3n) is 4.78. The number of aryl methyl sites for hydroxylation is 1. The average Bonchev–Trinajstić information content (AvgIpc) is 3.02. The van der Waals surface area contributed by atoms with E-state index in [0.717, 1.165) is 12.1 Å². The van der Waals surface area contributed by atoms with Crippen LogP contribution in [0.3, 0.4) is 0 Å². The molecule has 0 bridgehead atoms. The number of esters is 2. The van der Waals surface area contributed by atoms with E-state index < -0.39 is 35.9 Å². The molecular formula is C22H19F3O5. The van der Waals surface area contributed by atoms with Crippen molar-refractivity contribution in [2.75, 3.05) is 13.2 Å². The van der Waals surface area contributed by atoms with Gasteiger partial charge in [0, 0.05) is 12.0 Å². The Morgan fingerprint density at radius 1 is 1.20 bits per heavy atom. The van der Waals surface area contributed by atoms with Crippen LogP contribution in [0.2, 0.25) is 0 Å². The van der Waals surface area contributed by atoms with Gasteiger partial charge in [-0.1, -0.05) is 30.3 Å². The molecule has 3 rings (SSSR count). The molecule has 30 heavy (non-hydrogen) atoms. The number of aliphatic hydroxyl groups excluding tert-OH is 1. The average molecular weight is 420 g/mol. The quantitative estimate of drug-likeness (QED) is 0.586. The molecule has 2 aromatic carbocycles. The number of ether oxygens (including phenoxy) is 2. The van der Waals surface area contributed by atoms with Gasteiger partial charge in [-0.2, -0.15) is 13.2 Å². The largest absolute Gasteiger partial charge is 0.458 e. The van der Waals surface area contributed by atoms with E-state index in [2.05, 4.69) is 0 Å². The molecule has 0 aromatic heterocycles. The lowest BCUT2D eigenvalue weighted by Crippen LogP contribution is -2.39. The van der Waals surface area contributed by atoms with E-state index in [9.17, 15) is 27.9 Å². The highest BCUT2D eigenvalue weighted by molar-refractivity contribution is 5.96. The van der Waals surface area contributed by atoms with E-state index in [4.69, 9.17) is 9.47 Å². The zero-order valence-electron chi connectivity index (χ0n) is 16.0. The molecule has 5 nitrogen and oxygen atoms in total. The molecule has 0 aliphatic carbocycles. The maximum atomic E-state index is 12.7. The fourth-order valence-corrected chi connectivity index (χ4v) is 3.09. The predicted molar refractivity (Wildman–Crippen MR) is 101 cm³/mol. The maximum absolute atomic E-state index is 12.7. The highest BCUT2D eigenvalue weighted by Gasteiger charge is 2.44. The highest BCUT2D eigenvalue weighted by Crippen LogP contribution is 2.33. The molecule has 1 aliphatic heterocycles. The third-order valence-corrected chi connectivity index (χ3v) is 4.78. The molecule has 0 spiro atoms. The summed E-state index contributed by atoms with van der Waals surface area (Å²) in [5, 5.41) is 9.76. The number of benzene rings is 2. The van der Waals surface area contributed by atoms with Gasteiger partial charge in [-0.05, 0) is 42.3 Å². The number of rotatable bonds is 5. The summed E-state index contributed by atoms with van der Waals surface area (Å²) in [7, 11) is 0. The van der Waals surface area contributed by atoms with Crippen molar-refractivity contribution in [3.8, 4) is 0 Å². The van der Waals surface area contributed by atoms with Crippen molar-refractivity contribution in [1.29, 1.82) is 0 Å². The van der Waals surface area contributed by atoms with Crippen LogP contribution in [0.4, 0.5) is 13.2 Å². The Kier molecular flexibility index (Phi) is 5.98. The van der Waals surface area contributed by atoms with Gasteiger partial charge in [0.05, 0.1) is 17.7 Å². The Bertz CT molecular complexity index is 979. The first-order valence-corrected chi connectivity index (χ1v) is 9.08. The molecule has 0 radical (unpaired) electrons. The Morgan fingerprint density at radius 2 is 1.87 bits per heavy atom. The Balaban J connectivity index is 1.72. The zero-order chi connectivity index (χ0) is 21.9. The van der Waals surface area contributed by atoms with Gasteiger partial charge in [-0.15, -0.1) is 0 Å². The molecule has 1 N–H and O–H groups in total. The fourth-order valence-electron chi connectivity index (χ4n) is 3.09. The summed E-state index contributed by atoms with van der Waals surface area (Å²) >= 11 is 0. The van der Waals surface area contributed by atoms with Gasteiger partial charge in [0.2, 0.25) is 0 Å². The molecule has 158 valence electrons. The smallest absolute Gasteiger partial charge is 0.416 e.